The maximum Gasteiger partial charge on any atom is 0.224 e. The number of aliphatic hydroxyl groups is 1. The molecule has 4 nitrogen and oxygen atoms in total. The van der Waals surface area contributed by atoms with Crippen LogP contribution in [-0.4, -0.2) is 17.6 Å². The van der Waals surface area contributed by atoms with Crippen LogP contribution in [0, 0.1) is 0 Å². The summed E-state index contributed by atoms with van der Waals surface area (Å²) in [6, 6.07) is 14.5. The van der Waals surface area contributed by atoms with Crippen molar-refractivity contribution in [3.8, 4) is 0 Å². The summed E-state index contributed by atoms with van der Waals surface area (Å²) in [6.07, 6.45) is -0.443. The minimum Gasteiger partial charge on any atom is -0.399 e. The summed E-state index contributed by atoms with van der Waals surface area (Å²) in [5.74, 6) is -0.119. The molecular formula is C16H17BrN2O2. The average molecular weight is 349 g/mol. The van der Waals surface area contributed by atoms with Gasteiger partial charge in [0.15, 0.2) is 0 Å². The van der Waals surface area contributed by atoms with Gasteiger partial charge in [0.1, 0.15) is 0 Å². The molecule has 0 spiro atoms. The minimum atomic E-state index is -0.737. The third kappa shape index (κ3) is 4.88. The molecule has 4 N–H and O–H groups in total. The Hall–Kier alpha value is -1.85. The van der Waals surface area contributed by atoms with Gasteiger partial charge in [-0.1, -0.05) is 40.2 Å². The van der Waals surface area contributed by atoms with Crippen molar-refractivity contribution in [1.82, 2.24) is 5.32 Å². The van der Waals surface area contributed by atoms with Crippen LogP contribution in [0.4, 0.5) is 5.69 Å². The van der Waals surface area contributed by atoms with E-state index in [0.29, 0.717) is 12.1 Å². The lowest BCUT2D eigenvalue weighted by Gasteiger charge is -2.12. The van der Waals surface area contributed by atoms with Crippen LogP contribution in [0.25, 0.3) is 0 Å². The third-order valence-corrected chi connectivity index (χ3v) is 3.62. The number of carbonyl (C=O) groups is 1. The third-order valence-electron chi connectivity index (χ3n) is 3.09. The molecule has 1 amide bonds. The lowest BCUT2D eigenvalue weighted by Crippen LogP contribution is -2.29. The van der Waals surface area contributed by atoms with Gasteiger partial charge in [0.2, 0.25) is 5.91 Å². The predicted molar refractivity (Wildman–Crippen MR) is 86.7 cm³/mol. The zero-order valence-corrected chi connectivity index (χ0v) is 13.0. The van der Waals surface area contributed by atoms with Gasteiger partial charge in [-0.15, -0.1) is 0 Å². The summed E-state index contributed by atoms with van der Waals surface area (Å²) in [6.45, 7) is 0.180. The normalized spacial score (nSPS) is 11.9. The van der Waals surface area contributed by atoms with Gasteiger partial charge in [0.25, 0.3) is 0 Å². The fraction of sp³-hybridized carbons (Fsp3) is 0.188. The van der Waals surface area contributed by atoms with Crippen molar-refractivity contribution in [3.05, 3.63) is 64.1 Å². The first-order valence-electron chi connectivity index (χ1n) is 6.59. The highest BCUT2D eigenvalue weighted by Crippen LogP contribution is 2.14. The highest BCUT2D eigenvalue weighted by atomic mass is 79.9. The van der Waals surface area contributed by atoms with Gasteiger partial charge in [-0.25, -0.2) is 0 Å². The summed E-state index contributed by atoms with van der Waals surface area (Å²) in [4.78, 5) is 11.8. The van der Waals surface area contributed by atoms with Gasteiger partial charge in [0, 0.05) is 16.7 Å². The Morgan fingerprint density at radius 3 is 2.38 bits per heavy atom. The number of amides is 1. The van der Waals surface area contributed by atoms with Crippen molar-refractivity contribution in [2.45, 2.75) is 12.5 Å². The number of hydrogen-bond acceptors (Lipinski definition) is 3. The molecule has 110 valence electrons. The van der Waals surface area contributed by atoms with E-state index in [4.69, 9.17) is 5.73 Å². The number of nitrogens with two attached hydrogens (primary N) is 1. The molecule has 0 aromatic heterocycles. The zero-order valence-electron chi connectivity index (χ0n) is 11.4. The second-order valence-electron chi connectivity index (χ2n) is 4.79. The fourth-order valence-corrected chi connectivity index (χ4v) is 2.16. The second kappa shape index (κ2) is 7.24. The lowest BCUT2D eigenvalue weighted by atomic mass is 10.1. The molecule has 2 aromatic carbocycles. The Bertz CT molecular complexity index is 597. The van der Waals surface area contributed by atoms with Gasteiger partial charge in [-0.2, -0.15) is 0 Å². The van der Waals surface area contributed by atoms with E-state index in [-0.39, 0.29) is 12.5 Å². The molecule has 0 saturated carbocycles. The maximum absolute atomic E-state index is 11.8. The predicted octanol–water partition coefficient (Wildman–Crippen LogP) is 2.42. The van der Waals surface area contributed by atoms with Crippen LogP contribution in [-0.2, 0) is 11.2 Å². The lowest BCUT2D eigenvalue weighted by molar-refractivity contribution is -0.120. The standard InChI is InChI=1S/C16H17BrN2O2/c17-13-5-1-11(2-6-13)9-16(21)19-10-15(20)12-3-7-14(18)8-4-12/h1-8,15,20H,9-10,18H2,(H,19,21). The smallest absolute Gasteiger partial charge is 0.224 e. The van der Waals surface area contributed by atoms with Crippen molar-refractivity contribution in [2.75, 3.05) is 12.3 Å². The number of anilines is 1. The number of rotatable bonds is 5. The molecule has 1 unspecified atom stereocenters. The van der Waals surface area contributed by atoms with Crippen LogP contribution in [0.5, 0.6) is 0 Å². The SMILES string of the molecule is Nc1ccc(C(O)CNC(=O)Cc2ccc(Br)cc2)cc1. The van der Waals surface area contributed by atoms with E-state index in [1.807, 2.05) is 24.3 Å². The first-order chi connectivity index (χ1) is 10.0. The van der Waals surface area contributed by atoms with Crippen LogP contribution in [0.2, 0.25) is 0 Å². The molecule has 0 aliphatic rings. The number of nitrogen functional groups attached to an aromatic ring is 1. The number of benzene rings is 2. The van der Waals surface area contributed by atoms with E-state index in [1.165, 1.54) is 0 Å². The van der Waals surface area contributed by atoms with Crippen LogP contribution in [0.3, 0.4) is 0 Å². The van der Waals surface area contributed by atoms with E-state index in [9.17, 15) is 9.90 Å². The Kier molecular flexibility index (Phi) is 5.36. The Balaban J connectivity index is 1.83. The van der Waals surface area contributed by atoms with E-state index in [2.05, 4.69) is 21.2 Å². The van der Waals surface area contributed by atoms with Gasteiger partial charge in [0.05, 0.1) is 12.5 Å². The number of carbonyl (C=O) groups excluding carboxylic acids is 1. The highest BCUT2D eigenvalue weighted by molar-refractivity contribution is 9.10. The van der Waals surface area contributed by atoms with Crippen molar-refractivity contribution in [1.29, 1.82) is 0 Å². The zero-order chi connectivity index (χ0) is 15.2. The second-order valence-corrected chi connectivity index (χ2v) is 5.71. The Morgan fingerprint density at radius 2 is 1.76 bits per heavy atom. The van der Waals surface area contributed by atoms with E-state index in [0.717, 1.165) is 15.6 Å². The molecule has 21 heavy (non-hydrogen) atoms. The summed E-state index contributed by atoms with van der Waals surface area (Å²) in [5, 5.41) is 12.7. The van der Waals surface area contributed by atoms with Crippen LogP contribution in [0.1, 0.15) is 17.2 Å². The molecule has 0 saturated heterocycles. The molecule has 2 rings (SSSR count). The number of halogens is 1. The quantitative estimate of drug-likeness (QED) is 0.726. The Labute approximate surface area is 132 Å². The van der Waals surface area contributed by atoms with Crippen molar-refractivity contribution in [3.63, 3.8) is 0 Å². The van der Waals surface area contributed by atoms with E-state index >= 15 is 0 Å². The fourth-order valence-electron chi connectivity index (χ4n) is 1.90. The topological polar surface area (TPSA) is 75.3 Å². The first kappa shape index (κ1) is 15.5. The molecule has 2 aromatic rings. The molecule has 0 fully saturated rings. The highest BCUT2D eigenvalue weighted by Gasteiger charge is 2.09. The molecule has 1 atom stereocenters. The largest absolute Gasteiger partial charge is 0.399 e. The Morgan fingerprint density at radius 1 is 1.14 bits per heavy atom. The first-order valence-corrected chi connectivity index (χ1v) is 7.38. The van der Waals surface area contributed by atoms with Crippen molar-refractivity contribution < 1.29 is 9.90 Å². The maximum atomic E-state index is 11.8. The van der Waals surface area contributed by atoms with Gasteiger partial charge < -0.3 is 16.2 Å². The summed E-state index contributed by atoms with van der Waals surface area (Å²) >= 11 is 3.35. The van der Waals surface area contributed by atoms with Gasteiger partial charge >= 0.3 is 0 Å². The summed E-state index contributed by atoms with van der Waals surface area (Å²) in [5.41, 5.74) is 7.89. The molecule has 5 heteroatoms. The number of nitrogens with one attached hydrogen (secondary N) is 1. The molecule has 0 aliphatic carbocycles. The number of hydrogen-bond donors (Lipinski definition) is 3. The van der Waals surface area contributed by atoms with Gasteiger partial charge in [-0.05, 0) is 35.4 Å². The van der Waals surface area contributed by atoms with E-state index in [1.54, 1.807) is 24.3 Å². The van der Waals surface area contributed by atoms with Crippen LogP contribution in [0.15, 0.2) is 53.0 Å². The van der Waals surface area contributed by atoms with Crippen LogP contribution < -0.4 is 11.1 Å². The minimum absolute atomic E-state index is 0.119. The molecule has 0 bridgehead atoms. The van der Waals surface area contributed by atoms with Crippen LogP contribution >= 0.6 is 15.9 Å². The average Bonchev–Trinajstić information content (AvgIpc) is 2.48. The van der Waals surface area contributed by atoms with Gasteiger partial charge in [-0.3, -0.25) is 4.79 Å². The summed E-state index contributed by atoms with van der Waals surface area (Å²) in [7, 11) is 0. The molecule has 0 heterocycles. The summed E-state index contributed by atoms with van der Waals surface area (Å²) < 4.78 is 0.977. The molecular weight excluding hydrogens is 332 g/mol. The van der Waals surface area contributed by atoms with E-state index < -0.39 is 6.10 Å². The van der Waals surface area contributed by atoms with Crippen molar-refractivity contribution >= 4 is 27.5 Å². The molecule has 0 aliphatic heterocycles. The van der Waals surface area contributed by atoms with Crippen molar-refractivity contribution in [2.24, 2.45) is 0 Å². The monoisotopic (exact) mass is 348 g/mol. The number of aliphatic hydroxyl groups excluding tert-OH is 1. The molecule has 0 radical (unpaired) electrons.